The van der Waals surface area contributed by atoms with Crippen LogP contribution in [-0.4, -0.2) is 26.1 Å². The molecule has 2 heterocycles. The number of rotatable bonds is 4. The summed E-state index contributed by atoms with van der Waals surface area (Å²) in [4.78, 5) is 15.4. The first-order chi connectivity index (χ1) is 15.8. The van der Waals surface area contributed by atoms with Crippen LogP contribution >= 0.6 is 11.6 Å². The van der Waals surface area contributed by atoms with Crippen molar-refractivity contribution in [3.63, 3.8) is 0 Å². The Morgan fingerprint density at radius 1 is 1.03 bits per heavy atom. The fourth-order valence-corrected chi connectivity index (χ4v) is 4.90. The van der Waals surface area contributed by atoms with Crippen LogP contribution in [0.15, 0.2) is 60.7 Å². The Kier molecular flexibility index (Phi) is 5.22. The summed E-state index contributed by atoms with van der Waals surface area (Å²) in [6, 6.07) is 19.1. The van der Waals surface area contributed by atoms with Gasteiger partial charge in [0.15, 0.2) is 0 Å². The van der Waals surface area contributed by atoms with E-state index in [0.29, 0.717) is 28.5 Å². The van der Waals surface area contributed by atoms with Gasteiger partial charge in [0.25, 0.3) is 5.91 Å². The number of aryl methyl sites for hydroxylation is 3. The first kappa shape index (κ1) is 21.3. The lowest BCUT2D eigenvalue weighted by molar-refractivity contribution is 0.0730. The van der Waals surface area contributed by atoms with Gasteiger partial charge in [-0.3, -0.25) is 9.89 Å². The largest absolute Gasteiger partial charge is 0.507 e. The van der Waals surface area contributed by atoms with Crippen molar-refractivity contribution in [1.29, 1.82) is 0 Å². The van der Waals surface area contributed by atoms with Gasteiger partial charge >= 0.3 is 0 Å². The SMILES string of the molecule is Cc1ccc(C2c3c(-c4c(C)cc(C)cc4O)n[nH]c3C(=O)N2Cc2ccccc2Cl)cc1. The normalized spacial score (nSPS) is 15.2. The van der Waals surface area contributed by atoms with Crippen LogP contribution in [0.4, 0.5) is 0 Å². The Labute approximate surface area is 197 Å². The molecule has 33 heavy (non-hydrogen) atoms. The number of phenolic OH excluding ortho intramolecular Hbond substituents is 1. The number of nitrogens with one attached hydrogen (secondary N) is 1. The van der Waals surface area contributed by atoms with E-state index in [1.54, 1.807) is 6.07 Å². The maximum atomic E-state index is 13.6. The van der Waals surface area contributed by atoms with Crippen molar-refractivity contribution in [2.24, 2.45) is 0 Å². The molecule has 1 amide bonds. The van der Waals surface area contributed by atoms with Gasteiger partial charge in [-0.15, -0.1) is 0 Å². The van der Waals surface area contributed by atoms with E-state index in [9.17, 15) is 9.90 Å². The summed E-state index contributed by atoms with van der Waals surface area (Å²) in [5.74, 6) is 0.0139. The summed E-state index contributed by atoms with van der Waals surface area (Å²) in [6.07, 6.45) is 0. The minimum absolute atomic E-state index is 0.140. The second-order valence-electron chi connectivity index (χ2n) is 8.67. The first-order valence-electron chi connectivity index (χ1n) is 10.8. The number of benzene rings is 3. The van der Waals surface area contributed by atoms with Crippen molar-refractivity contribution in [3.8, 4) is 17.0 Å². The standard InChI is InChI=1S/C27H24ClN3O2/c1-15-8-10-18(11-9-15)26-23-24(22-17(3)12-16(2)13-21(22)32)29-30-25(23)27(33)31(26)14-19-6-4-5-7-20(19)28/h4-13,26,32H,14H2,1-3H3,(H,29,30). The average molecular weight is 458 g/mol. The highest BCUT2D eigenvalue weighted by Crippen LogP contribution is 2.46. The van der Waals surface area contributed by atoms with Crippen molar-refractivity contribution in [3.05, 3.63) is 105 Å². The zero-order chi connectivity index (χ0) is 23.3. The Morgan fingerprint density at radius 3 is 2.45 bits per heavy atom. The lowest BCUT2D eigenvalue weighted by atomic mass is 9.92. The van der Waals surface area contributed by atoms with Gasteiger partial charge in [0, 0.05) is 22.7 Å². The van der Waals surface area contributed by atoms with E-state index in [0.717, 1.165) is 33.4 Å². The van der Waals surface area contributed by atoms with Crippen molar-refractivity contribution in [2.45, 2.75) is 33.4 Å². The van der Waals surface area contributed by atoms with E-state index in [2.05, 4.69) is 10.2 Å². The number of halogens is 1. The molecule has 1 aliphatic rings. The minimum Gasteiger partial charge on any atom is -0.507 e. The number of nitrogens with zero attached hydrogens (tertiary/aromatic N) is 2. The molecule has 5 rings (SSSR count). The van der Waals surface area contributed by atoms with E-state index in [1.807, 2.05) is 80.3 Å². The van der Waals surface area contributed by atoms with Gasteiger partial charge in [0.1, 0.15) is 17.1 Å². The van der Waals surface area contributed by atoms with Crippen molar-refractivity contribution in [1.82, 2.24) is 15.1 Å². The summed E-state index contributed by atoms with van der Waals surface area (Å²) in [6.45, 7) is 6.28. The lowest BCUT2D eigenvalue weighted by Crippen LogP contribution is -2.29. The predicted octanol–water partition coefficient (Wildman–Crippen LogP) is 6.11. The molecule has 3 aromatic carbocycles. The summed E-state index contributed by atoms with van der Waals surface area (Å²) in [7, 11) is 0. The first-order valence-corrected chi connectivity index (χ1v) is 11.2. The molecule has 0 bridgehead atoms. The molecule has 0 aliphatic carbocycles. The van der Waals surface area contributed by atoms with Gasteiger partial charge in [0.2, 0.25) is 0 Å². The Hall–Kier alpha value is -3.57. The van der Waals surface area contributed by atoms with Crippen LogP contribution in [0.25, 0.3) is 11.3 Å². The third-order valence-electron chi connectivity index (χ3n) is 6.25. The molecule has 1 aromatic heterocycles. The van der Waals surface area contributed by atoms with Gasteiger partial charge in [-0.05, 0) is 55.2 Å². The zero-order valence-corrected chi connectivity index (χ0v) is 19.4. The van der Waals surface area contributed by atoms with E-state index in [-0.39, 0.29) is 17.7 Å². The third-order valence-corrected chi connectivity index (χ3v) is 6.62. The maximum Gasteiger partial charge on any atom is 0.273 e. The molecule has 5 nitrogen and oxygen atoms in total. The molecular weight excluding hydrogens is 434 g/mol. The van der Waals surface area contributed by atoms with Gasteiger partial charge in [0.05, 0.1) is 6.04 Å². The van der Waals surface area contributed by atoms with Crippen LogP contribution in [0.3, 0.4) is 0 Å². The fourth-order valence-electron chi connectivity index (χ4n) is 4.71. The highest BCUT2D eigenvalue weighted by molar-refractivity contribution is 6.31. The van der Waals surface area contributed by atoms with E-state index >= 15 is 0 Å². The smallest absolute Gasteiger partial charge is 0.273 e. The molecule has 0 saturated carbocycles. The van der Waals surface area contributed by atoms with Crippen LogP contribution in [0, 0.1) is 20.8 Å². The molecule has 2 N–H and O–H groups in total. The number of fused-ring (bicyclic) bond motifs is 1. The molecule has 1 atom stereocenters. The van der Waals surface area contributed by atoms with E-state index < -0.39 is 0 Å². The summed E-state index contributed by atoms with van der Waals surface area (Å²) >= 11 is 6.44. The number of aromatic nitrogens is 2. The molecule has 6 heteroatoms. The number of aromatic amines is 1. The van der Waals surface area contributed by atoms with Gasteiger partial charge < -0.3 is 10.0 Å². The average Bonchev–Trinajstić information content (AvgIpc) is 3.29. The maximum absolute atomic E-state index is 13.6. The zero-order valence-electron chi connectivity index (χ0n) is 18.7. The van der Waals surface area contributed by atoms with E-state index in [4.69, 9.17) is 11.6 Å². The van der Waals surface area contributed by atoms with E-state index in [1.165, 1.54) is 0 Å². The fraction of sp³-hybridized carbons (Fsp3) is 0.185. The molecular formula is C27H24ClN3O2. The number of hydrogen-bond acceptors (Lipinski definition) is 3. The summed E-state index contributed by atoms with van der Waals surface area (Å²) in [5.41, 5.74) is 7.32. The number of aromatic hydroxyl groups is 1. The van der Waals surface area contributed by atoms with Crippen LogP contribution in [0.1, 0.15) is 49.9 Å². The van der Waals surface area contributed by atoms with Crippen molar-refractivity contribution < 1.29 is 9.90 Å². The van der Waals surface area contributed by atoms with Crippen LogP contribution < -0.4 is 0 Å². The Balaban J connectivity index is 1.70. The summed E-state index contributed by atoms with van der Waals surface area (Å²) in [5, 5.41) is 18.9. The monoisotopic (exact) mass is 457 g/mol. The predicted molar refractivity (Wildman–Crippen MR) is 130 cm³/mol. The molecule has 0 saturated heterocycles. The number of carbonyl (C=O) groups excluding carboxylic acids is 1. The quantitative estimate of drug-likeness (QED) is 0.388. The molecule has 0 fully saturated rings. The lowest BCUT2D eigenvalue weighted by Gasteiger charge is -2.27. The van der Waals surface area contributed by atoms with Crippen LogP contribution in [0.2, 0.25) is 5.02 Å². The summed E-state index contributed by atoms with van der Waals surface area (Å²) < 4.78 is 0. The molecule has 4 aromatic rings. The number of amides is 1. The second kappa shape index (κ2) is 8.09. The number of H-pyrrole nitrogens is 1. The Morgan fingerprint density at radius 2 is 1.76 bits per heavy atom. The number of carbonyl (C=O) groups is 1. The van der Waals surface area contributed by atoms with Gasteiger partial charge in [-0.25, -0.2) is 0 Å². The minimum atomic E-state index is -0.363. The topological polar surface area (TPSA) is 69.2 Å². The van der Waals surface area contributed by atoms with Crippen LogP contribution in [-0.2, 0) is 6.54 Å². The molecule has 1 aliphatic heterocycles. The second-order valence-corrected chi connectivity index (χ2v) is 9.08. The van der Waals surface area contributed by atoms with Crippen molar-refractivity contribution >= 4 is 17.5 Å². The molecule has 166 valence electrons. The molecule has 0 spiro atoms. The Bertz CT molecular complexity index is 1350. The van der Waals surface area contributed by atoms with Gasteiger partial charge in [-0.1, -0.05) is 65.7 Å². The highest BCUT2D eigenvalue weighted by atomic mass is 35.5. The van der Waals surface area contributed by atoms with Crippen molar-refractivity contribution in [2.75, 3.05) is 0 Å². The molecule has 1 unspecified atom stereocenters. The number of phenols is 1. The van der Waals surface area contributed by atoms with Crippen LogP contribution in [0.5, 0.6) is 5.75 Å². The third kappa shape index (κ3) is 3.58. The highest BCUT2D eigenvalue weighted by Gasteiger charge is 2.42. The number of hydrogen-bond donors (Lipinski definition) is 2. The molecule has 0 radical (unpaired) electrons. The van der Waals surface area contributed by atoms with Gasteiger partial charge in [-0.2, -0.15) is 5.10 Å².